The van der Waals surface area contributed by atoms with E-state index in [0.29, 0.717) is 0 Å². The van der Waals surface area contributed by atoms with Gasteiger partial charge in [-0.15, -0.1) is 10.2 Å². The van der Waals surface area contributed by atoms with Gasteiger partial charge in [-0.25, -0.2) is 0 Å². The fourth-order valence-corrected chi connectivity index (χ4v) is 2.71. The Bertz CT molecular complexity index is 538. The summed E-state index contributed by atoms with van der Waals surface area (Å²) in [5, 5.41) is 13.0. The van der Waals surface area contributed by atoms with Crippen LogP contribution in [-0.2, 0) is 6.42 Å². The molecule has 0 unspecified atom stereocenters. The molecule has 5 heteroatoms. The lowest BCUT2D eigenvalue weighted by Gasteiger charge is -2.19. The lowest BCUT2D eigenvalue weighted by atomic mass is 10.0. The van der Waals surface area contributed by atoms with E-state index in [2.05, 4.69) is 27.6 Å². The minimum atomic E-state index is 0.793. The molecule has 0 saturated heterocycles. The van der Waals surface area contributed by atoms with Crippen LogP contribution >= 0.6 is 11.3 Å². The first-order valence-corrected chi connectivity index (χ1v) is 6.46. The summed E-state index contributed by atoms with van der Waals surface area (Å²) in [6, 6.07) is 6.23. The normalized spacial score (nSPS) is 13.9. The van der Waals surface area contributed by atoms with Gasteiger partial charge in [-0.3, -0.25) is 0 Å². The summed E-state index contributed by atoms with van der Waals surface area (Å²) in [7, 11) is 1.85. The predicted molar refractivity (Wildman–Crippen MR) is 68.7 cm³/mol. The average molecular weight is 247 g/mol. The molecule has 0 spiro atoms. The third-order valence-corrected chi connectivity index (χ3v) is 3.78. The Labute approximate surface area is 104 Å². The second-order valence-corrected chi connectivity index (χ2v) is 4.89. The Morgan fingerprint density at radius 3 is 3.12 bits per heavy atom. The van der Waals surface area contributed by atoms with Crippen molar-refractivity contribution in [3.05, 3.63) is 23.8 Å². The van der Waals surface area contributed by atoms with Gasteiger partial charge in [0.15, 0.2) is 5.01 Å². The first-order valence-electron chi connectivity index (χ1n) is 5.65. The molecule has 1 aliphatic rings. The van der Waals surface area contributed by atoms with Crippen LogP contribution in [0.5, 0.6) is 5.75 Å². The van der Waals surface area contributed by atoms with Gasteiger partial charge >= 0.3 is 0 Å². The minimum absolute atomic E-state index is 0.793. The number of ether oxygens (including phenoxy) is 1. The van der Waals surface area contributed by atoms with Crippen LogP contribution in [-0.4, -0.2) is 23.9 Å². The summed E-state index contributed by atoms with van der Waals surface area (Å²) in [5.74, 6) is 0.984. The van der Waals surface area contributed by atoms with Crippen molar-refractivity contribution < 1.29 is 4.74 Å². The van der Waals surface area contributed by atoms with Crippen molar-refractivity contribution in [2.75, 3.05) is 19.0 Å². The summed E-state index contributed by atoms with van der Waals surface area (Å²) < 4.78 is 5.77. The van der Waals surface area contributed by atoms with Crippen LogP contribution in [0.1, 0.15) is 12.0 Å². The third kappa shape index (κ3) is 1.86. The van der Waals surface area contributed by atoms with Gasteiger partial charge in [0.2, 0.25) is 5.13 Å². The predicted octanol–water partition coefficient (Wildman–Crippen LogP) is 2.57. The molecule has 88 valence electrons. The third-order valence-electron chi connectivity index (χ3n) is 2.80. The molecular formula is C12H13N3OS. The number of hydrogen-bond donors (Lipinski definition) is 1. The first-order chi connectivity index (χ1) is 8.38. The highest BCUT2D eigenvalue weighted by molar-refractivity contribution is 7.18. The van der Waals surface area contributed by atoms with E-state index in [1.54, 1.807) is 11.3 Å². The van der Waals surface area contributed by atoms with Crippen molar-refractivity contribution in [3.8, 4) is 16.3 Å². The molecule has 0 atom stereocenters. The Morgan fingerprint density at radius 1 is 1.35 bits per heavy atom. The lowest BCUT2D eigenvalue weighted by molar-refractivity contribution is 0.289. The molecule has 0 saturated carbocycles. The van der Waals surface area contributed by atoms with Gasteiger partial charge in [-0.1, -0.05) is 23.5 Å². The fraction of sp³-hybridized carbons (Fsp3) is 0.333. The topological polar surface area (TPSA) is 47.0 Å². The molecule has 17 heavy (non-hydrogen) atoms. The number of rotatable bonds is 2. The monoisotopic (exact) mass is 247 g/mol. The van der Waals surface area contributed by atoms with Crippen LogP contribution in [0.4, 0.5) is 5.13 Å². The maximum atomic E-state index is 5.77. The standard InChI is InChI=1S/C12H13N3OS/c1-13-12-15-14-11(17-12)9-6-2-4-8-5-3-7-16-10(8)9/h2,4,6H,3,5,7H2,1H3,(H,13,15). The van der Waals surface area contributed by atoms with Crippen molar-refractivity contribution in [1.29, 1.82) is 0 Å². The van der Waals surface area contributed by atoms with Crippen LogP contribution in [0.2, 0.25) is 0 Å². The molecule has 2 heterocycles. The van der Waals surface area contributed by atoms with E-state index in [9.17, 15) is 0 Å². The highest BCUT2D eigenvalue weighted by atomic mass is 32.1. The smallest absolute Gasteiger partial charge is 0.205 e. The molecule has 0 fully saturated rings. The van der Waals surface area contributed by atoms with Crippen LogP contribution in [0.25, 0.3) is 10.6 Å². The van der Waals surface area contributed by atoms with E-state index in [-0.39, 0.29) is 0 Å². The molecule has 2 aromatic rings. The summed E-state index contributed by atoms with van der Waals surface area (Å²) in [6.07, 6.45) is 2.18. The molecule has 3 rings (SSSR count). The first kappa shape index (κ1) is 10.5. The Morgan fingerprint density at radius 2 is 2.29 bits per heavy atom. The maximum Gasteiger partial charge on any atom is 0.205 e. The SMILES string of the molecule is CNc1nnc(-c2cccc3c2OCCC3)s1. The van der Waals surface area contributed by atoms with Crippen LogP contribution < -0.4 is 10.1 Å². The molecule has 1 aliphatic heterocycles. The molecule has 1 N–H and O–H groups in total. The van der Waals surface area contributed by atoms with Gasteiger partial charge < -0.3 is 10.1 Å². The molecule has 4 nitrogen and oxygen atoms in total. The van der Waals surface area contributed by atoms with Crippen LogP contribution in [0, 0.1) is 0 Å². The summed E-state index contributed by atoms with van der Waals surface area (Å²) >= 11 is 1.55. The van der Waals surface area contributed by atoms with Gasteiger partial charge in [0.25, 0.3) is 0 Å². The van der Waals surface area contributed by atoms with E-state index in [0.717, 1.165) is 40.9 Å². The number of nitrogens with zero attached hydrogens (tertiary/aromatic N) is 2. The van der Waals surface area contributed by atoms with Crippen molar-refractivity contribution in [3.63, 3.8) is 0 Å². The number of aryl methyl sites for hydroxylation is 1. The van der Waals surface area contributed by atoms with E-state index < -0.39 is 0 Å². The van der Waals surface area contributed by atoms with E-state index in [1.807, 2.05) is 13.1 Å². The molecular weight excluding hydrogens is 234 g/mol. The molecule has 0 bridgehead atoms. The minimum Gasteiger partial charge on any atom is -0.493 e. The quantitative estimate of drug-likeness (QED) is 0.886. The van der Waals surface area contributed by atoms with Crippen molar-refractivity contribution in [2.24, 2.45) is 0 Å². The van der Waals surface area contributed by atoms with Gasteiger partial charge in [0.05, 0.1) is 12.2 Å². The Kier molecular flexibility index (Phi) is 2.68. The fourth-order valence-electron chi connectivity index (χ4n) is 1.99. The summed E-state index contributed by atoms with van der Waals surface area (Å²) in [6.45, 7) is 0.793. The maximum absolute atomic E-state index is 5.77. The number of benzene rings is 1. The second kappa shape index (κ2) is 4.33. The van der Waals surface area contributed by atoms with Crippen molar-refractivity contribution >= 4 is 16.5 Å². The summed E-state index contributed by atoms with van der Waals surface area (Å²) in [5.41, 5.74) is 2.33. The Hall–Kier alpha value is -1.62. The zero-order chi connectivity index (χ0) is 11.7. The van der Waals surface area contributed by atoms with Crippen molar-refractivity contribution in [1.82, 2.24) is 10.2 Å². The molecule has 1 aromatic heterocycles. The number of para-hydroxylation sites is 1. The van der Waals surface area contributed by atoms with E-state index in [1.165, 1.54) is 5.56 Å². The number of anilines is 1. The largest absolute Gasteiger partial charge is 0.493 e. The summed E-state index contributed by atoms with van der Waals surface area (Å²) in [4.78, 5) is 0. The number of hydrogen-bond acceptors (Lipinski definition) is 5. The van der Waals surface area contributed by atoms with E-state index >= 15 is 0 Å². The van der Waals surface area contributed by atoms with E-state index in [4.69, 9.17) is 4.74 Å². The van der Waals surface area contributed by atoms with Gasteiger partial charge in [-0.05, 0) is 24.5 Å². The van der Waals surface area contributed by atoms with Gasteiger partial charge in [0.1, 0.15) is 5.75 Å². The lowest BCUT2D eigenvalue weighted by Crippen LogP contribution is -2.09. The number of nitrogens with one attached hydrogen (secondary N) is 1. The average Bonchev–Trinajstić information content (AvgIpc) is 2.87. The number of aromatic nitrogens is 2. The van der Waals surface area contributed by atoms with Gasteiger partial charge in [0, 0.05) is 7.05 Å². The van der Waals surface area contributed by atoms with Crippen molar-refractivity contribution in [2.45, 2.75) is 12.8 Å². The van der Waals surface area contributed by atoms with Gasteiger partial charge in [-0.2, -0.15) is 0 Å². The second-order valence-electron chi connectivity index (χ2n) is 3.91. The number of fused-ring (bicyclic) bond motifs is 1. The highest BCUT2D eigenvalue weighted by Gasteiger charge is 2.17. The molecule has 1 aromatic carbocycles. The molecule has 0 aliphatic carbocycles. The Balaban J connectivity index is 2.07. The zero-order valence-electron chi connectivity index (χ0n) is 9.56. The van der Waals surface area contributed by atoms with Crippen LogP contribution in [0.15, 0.2) is 18.2 Å². The zero-order valence-corrected chi connectivity index (χ0v) is 10.4. The molecule has 0 amide bonds. The van der Waals surface area contributed by atoms with Crippen LogP contribution in [0.3, 0.4) is 0 Å². The molecule has 0 radical (unpaired) electrons. The highest BCUT2D eigenvalue weighted by Crippen LogP contribution is 2.38.